The van der Waals surface area contributed by atoms with E-state index in [9.17, 15) is 4.39 Å². The van der Waals surface area contributed by atoms with Crippen LogP contribution in [0.1, 0.15) is 5.56 Å². The Bertz CT molecular complexity index is 723. The molecule has 1 heterocycles. The van der Waals surface area contributed by atoms with Crippen LogP contribution in [0.5, 0.6) is 5.75 Å². The lowest BCUT2D eigenvalue weighted by Crippen LogP contribution is -1.96. The summed E-state index contributed by atoms with van der Waals surface area (Å²) in [6.45, 7) is 0.400. The molecule has 0 spiro atoms. The first-order valence-corrected chi connectivity index (χ1v) is 6.65. The van der Waals surface area contributed by atoms with Crippen molar-refractivity contribution in [3.63, 3.8) is 0 Å². The highest BCUT2D eigenvalue weighted by Gasteiger charge is 2.03. The lowest BCUT2D eigenvalue weighted by Gasteiger charge is -2.08. The van der Waals surface area contributed by atoms with Gasteiger partial charge >= 0.3 is 0 Å². The predicted molar refractivity (Wildman–Crippen MR) is 76.7 cm³/mol. The van der Waals surface area contributed by atoms with E-state index in [4.69, 9.17) is 4.74 Å². The minimum Gasteiger partial charge on any atom is -0.489 e. The highest BCUT2D eigenvalue weighted by atomic mass is 79.9. The third-order valence-corrected chi connectivity index (χ3v) is 3.67. The fraction of sp³-hybridized carbons (Fsp3) is 0.0667. The molecule has 0 aliphatic carbocycles. The van der Waals surface area contributed by atoms with Crippen molar-refractivity contribution in [1.82, 2.24) is 4.98 Å². The molecule has 0 atom stereocenters. The van der Waals surface area contributed by atoms with Crippen molar-refractivity contribution >= 4 is 26.8 Å². The van der Waals surface area contributed by atoms with Crippen molar-refractivity contribution in [2.45, 2.75) is 6.61 Å². The second-order valence-electron chi connectivity index (χ2n) is 4.25. The lowest BCUT2D eigenvalue weighted by molar-refractivity contribution is 0.305. The van der Waals surface area contributed by atoms with E-state index in [2.05, 4.69) is 20.9 Å². The molecule has 1 aromatic heterocycles. The molecular weight excluding hydrogens is 309 g/mol. The molecule has 0 aliphatic heterocycles. The summed E-state index contributed by atoms with van der Waals surface area (Å²) in [4.78, 5) is 3.13. The number of aromatic amines is 1. The molecule has 0 saturated heterocycles. The first kappa shape index (κ1) is 12.2. The van der Waals surface area contributed by atoms with Crippen LogP contribution in [0.4, 0.5) is 4.39 Å². The summed E-state index contributed by atoms with van der Waals surface area (Å²) in [5.74, 6) is 0.535. The van der Waals surface area contributed by atoms with E-state index in [0.717, 1.165) is 26.7 Å². The number of hydrogen-bond donors (Lipinski definition) is 1. The molecule has 4 heteroatoms. The zero-order chi connectivity index (χ0) is 13.2. The van der Waals surface area contributed by atoms with E-state index in [0.29, 0.717) is 6.61 Å². The molecule has 2 nitrogen and oxygen atoms in total. The second kappa shape index (κ2) is 5.05. The van der Waals surface area contributed by atoms with Gasteiger partial charge in [0.05, 0.1) is 0 Å². The highest BCUT2D eigenvalue weighted by Crippen LogP contribution is 2.23. The van der Waals surface area contributed by atoms with Crippen LogP contribution >= 0.6 is 15.9 Å². The fourth-order valence-corrected chi connectivity index (χ4v) is 2.39. The number of halogens is 2. The van der Waals surface area contributed by atoms with Crippen LogP contribution in [-0.2, 0) is 6.61 Å². The van der Waals surface area contributed by atoms with Gasteiger partial charge in [-0.05, 0) is 36.4 Å². The van der Waals surface area contributed by atoms with Crippen LogP contribution in [0.3, 0.4) is 0 Å². The van der Waals surface area contributed by atoms with E-state index < -0.39 is 0 Å². The number of nitrogens with one attached hydrogen (secondary N) is 1. The number of aromatic nitrogens is 1. The van der Waals surface area contributed by atoms with Gasteiger partial charge in [-0.3, -0.25) is 0 Å². The molecular formula is C15H11BrFNO. The highest BCUT2D eigenvalue weighted by molar-refractivity contribution is 9.10. The van der Waals surface area contributed by atoms with Crippen LogP contribution < -0.4 is 4.74 Å². The molecule has 2 aromatic carbocycles. The van der Waals surface area contributed by atoms with Gasteiger partial charge in [-0.15, -0.1) is 0 Å². The number of ether oxygens (including phenoxy) is 1. The Hall–Kier alpha value is -1.81. The quantitative estimate of drug-likeness (QED) is 0.747. The zero-order valence-corrected chi connectivity index (χ0v) is 11.6. The SMILES string of the molecule is Fc1ccc(COc2ccc3[nH]ccc3c2)c(Br)c1. The van der Waals surface area contributed by atoms with Gasteiger partial charge in [-0.2, -0.15) is 0 Å². The Kier molecular flexibility index (Phi) is 3.25. The van der Waals surface area contributed by atoms with Crippen LogP contribution in [0.15, 0.2) is 53.1 Å². The Morgan fingerprint density at radius 2 is 2.00 bits per heavy atom. The smallest absolute Gasteiger partial charge is 0.124 e. The Labute approximate surface area is 118 Å². The van der Waals surface area contributed by atoms with Gasteiger partial charge in [0, 0.05) is 27.1 Å². The van der Waals surface area contributed by atoms with Gasteiger partial charge in [0.2, 0.25) is 0 Å². The van der Waals surface area contributed by atoms with E-state index in [1.807, 2.05) is 30.5 Å². The molecule has 1 N–H and O–H groups in total. The summed E-state index contributed by atoms with van der Waals surface area (Å²) in [6.07, 6.45) is 1.89. The van der Waals surface area contributed by atoms with Crippen LogP contribution in [0.25, 0.3) is 10.9 Å². The van der Waals surface area contributed by atoms with Gasteiger partial charge in [-0.1, -0.05) is 22.0 Å². The fourth-order valence-electron chi connectivity index (χ4n) is 1.92. The van der Waals surface area contributed by atoms with Crippen molar-refractivity contribution in [2.24, 2.45) is 0 Å². The minimum absolute atomic E-state index is 0.260. The summed E-state index contributed by atoms with van der Waals surface area (Å²) in [5, 5.41) is 1.11. The molecule has 0 unspecified atom stereocenters. The van der Waals surface area contributed by atoms with Crippen LogP contribution in [0.2, 0.25) is 0 Å². The molecule has 3 rings (SSSR count). The molecule has 19 heavy (non-hydrogen) atoms. The first-order valence-electron chi connectivity index (χ1n) is 5.86. The van der Waals surface area contributed by atoms with E-state index >= 15 is 0 Å². The van der Waals surface area contributed by atoms with Crippen molar-refractivity contribution < 1.29 is 9.13 Å². The maximum absolute atomic E-state index is 13.0. The van der Waals surface area contributed by atoms with Gasteiger partial charge < -0.3 is 9.72 Å². The van der Waals surface area contributed by atoms with Crippen molar-refractivity contribution in [2.75, 3.05) is 0 Å². The summed E-state index contributed by atoms with van der Waals surface area (Å²) in [6, 6.07) is 12.4. The summed E-state index contributed by atoms with van der Waals surface area (Å²) in [5.41, 5.74) is 1.99. The van der Waals surface area contributed by atoms with Crippen molar-refractivity contribution in [1.29, 1.82) is 0 Å². The molecule has 0 aliphatic rings. The predicted octanol–water partition coefficient (Wildman–Crippen LogP) is 4.65. The second-order valence-corrected chi connectivity index (χ2v) is 5.11. The van der Waals surface area contributed by atoms with E-state index in [1.54, 1.807) is 6.07 Å². The number of rotatable bonds is 3. The van der Waals surface area contributed by atoms with Gasteiger partial charge in [0.25, 0.3) is 0 Å². The largest absolute Gasteiger partial charge is 0.489 e. The van der Waals surface area contributed by atoms with Crippen LogP contribution in [-0.4, -0.2) is 4.98 Å². The topological polar surface area (TPSA) is 25.0 Å². The average Bonchev–Trinajstić information content (AvgIpc) is 2.85. The van der Waals surface area contributed by atoms with E-state index in [1.165, 1.54) is 12.1 Å². The molecule has 0 saturated carbocycles. The number of H-pyrrole nitrogens is 1. The number of fused-ring (bicyclic) bond motifs is 1. The third-order valence-electron chi connectivity index (χ3n) is 2.93. The molecule has 96 valence electrons. The van der Waals surface area contributed by atoms with E-state index in [-0.39, 0.29) is 5.82 Å². The summed E-state index contributed by atoms with van der Waals surface area (Å²) >= 11 is 3.33. The monoisotopic (exact) mass is 319 g/mol. The summed E-state index contributed by atoms with van der Waals surface area (Å²) < 4.78 is 19.4. The molecule has 0 fully saturated rings. The normalized spacial score (nSPS) is 10.8. The molecule has 3 aromatic rings. The Balaban J connectivity index is 1.77. The molecule has 0 radical (unpaired) electrons. The van der Waals surface area contributed by atoms with Gasteiger partial charge in [0.15, 0.2) is 0 Å². The Morgan fingerprint density at radius 1 is 1.11 bits per heavy atom. The van der Waals surface area contributed by atoms with Crippen molar-refractivity contribution in [3.05, 3.63) is 64.5 Å². The maximum atomic E-state index is 13.0. The standard InChI is InChI=1S/C15H11BrFNO/c16-14-8-12(17)2-1-11(14)9-19-13-3-4-15-10(7-13)5-6-18-15/h1-8,18H,9H2. The summed E-state index contributed by atoms with van der Waals surface area (Å²) in [7, 11) is 0. The number of benzene rings is 2. The number of hydrogen-bond acceptors (Lipinski definition) is 1. The van der Waals surface area contributed by atoms with Gasteiger partial charge in [0.1, 0.15) is 18.2 Å². The first-order chi connectivity index (χ1) is 9.22. The zero-order valence-electron chi connectivity index (χ0n) is 9.99. The van der Waals surface area contributed by atoms with Crippen molar-refractivity contribution in [3.8, 4) is 5.75 Å². The molecule has 0 amide bonds. The van der Waals surface area contributed by atoms with Gasteiger partial charge in [-0.25, -0.2) is 4.39 Å². The average molecular weight is 320 g/mol. The maximum Gasteiger partial charge on any atom is 0.124 e. The molecule has 0 bridgehead atoms. The minimum atomic E-state index is -0.260. The Morgan fingerprint density at radius 3 is 2.84 bits per heavy atom. The third kappa shape index (κ3) is 2.63. The lowest BCUT2D eigenvalue weighted by atomic mass is 10.2. The van der Waals surface area contributed by atoms with Crippen LogP contribution in [0, 0.1) is 5.82 Å².